The van der Waals surface area contributed by atoms with Crippen LogP contribution in [0, 0.1) is 5.82 Å². The van der Waals surface area contributed by atoms with Gasteiger partial charge in [-0.15, -0.1) is 0 Å². The van der Waals surface area contributed by atoms with E-state index in [4.69, 9.17) is 4.74 Å². The molecule has 0 unspecified atom stereocenters. The normalized spacial score (nSPS) is 17.1. The summed E-state index contributed by atoms with van der Waals surface area (Å²) in [4.78, 5) is 16.6. The Kier molecular flexibility index (Phi) is 5.21. The van der Waals surface area contributed by atoms with Gasteiger partial charge in [-0.3, -0.25) is 9.69 Å². The number of fused-ring (bicyclic) bond motifs is 1. The van der Waals surface area contributed by atoms with Gasteiger partial charge in [0.2, 0.25) is 5.91 Å². The molecule has 0 aliphatic carbocycles. The Morgan fingerprint density at radius 2 is 1.96 bits per heavy atom. The van der Waals surface area contributed by atoms with Crippen molar-refractivity contribution in [1.29, 1.82) is 0 Å². The van der Waals surface area contributed by atoms with E-state index in [0.29, 0.717) is 18.7 Å². The third-order valence-corrected chi connectivity index (χ3v) is 5.11. The summed E-state index contributed by atoms with van der Waals surface area (Å²) in [5.41, 5.74) is 3.29. The van der Waals surface area contributed by atoms with E-state index in [9.17, 15) is 9.18 Å². The van der Waals surface area contributed by atoms with E-state index in [0.717, 1.165) is 38.4 Å². The van der Waals surface area contributed by atoms with E-state index in [-0.39, 0.29) is 11.7 Å². The summed E-state index contributed by atoms with van der Waals surface area (Å²) < 4.78 is 18.8. The summed E-state index contributed by atoms with van der Waals surface area (Å²) in [5.74, 6) is 0.698. The fourth-order valence-electron chi connectivity index (χ4n) is 3.61. The number of hydrogen-bond donors (Lipinski definition) is 0. The molecule has 1 amide bonds. The van der Waals surface area contributed by atoms with Crippen LogP contribution in [0.5, 0.6) is 5.75 Å². The predicted octanol–water partition coefficient (Wildman–Crippen LogP) is 3.12. The average Bonchev–Trinajstić information content (AvgIpc) is 3.15. The lowest BCUT2D eigenvalue weighted by Crippen LogP contribution is -2.47. The maximum Gasteiger partial charge on any atom is 0.246 e. The highest BCUT2D eigenvalue weighted by molar-refractivity contribution is 5.91. The molecule has 2 aliphatic heterocycles. The van der Waals surface area contributed by atoms with Crippen LogP contribution in [-0.4, -0.2) is 48.5 Å². The van der Waals surface area contributed by atoms with Gasteiger partial charge < -0.3 is 9.64 Å². The highest BCUT2D eigenvalue weighted by Crippen LogP contribution is 2.26. The van der Waals surface area contributed by atoms with Crippen molar-refractivity contribution in [3.05, 3.63) is 71.0 Å². The lowest BCUT2D eigenvalue weighted by Gasteiger charge is -2.34. The van der Waals surface area contributed by atoms with Crippen molar-refractivity contribution in [3.8, 4) is 5.75 Å². The third kappa shape index (κ3) is 4.37. The van der Waals surface area contributed by atoms with Crippen LogP contribution in [0.3, 0.4) is 0 Å². The Hall–Kier alpha value is -2.66. The van der Waals surface area contributed by atoms with E-state index < -0.39 is 0 Å². The molecule has 4 rings (SSSR count). The Bertz CT molecular complexity index is 857. The molecule has 0 spiro atoms. The van der Waals surface area contributed by atoms with E-state index >= 15 is 0 Å². The molecule has 2 aromatic rings. The van der Waals surface area contributed by atoms with Gasteiger partial charge in [0.15, 0.2) is 0 Å². The van der Waals surface area contributed by atoms with Gasteiger partial charge in [-0.1, -0.05) is 24.3 Å². The zero-order valence-corrected chi connectivity index (χ0v) is 15.2. The third-order valence-electron chi connectivity index (χ3n) is 5.11. The maximum atomic E-state index is 13.2. The first kappa shape index (κ1) is 17.7. The van der Waals surface area contributed by atoms with Crippen LogP contribution < -0.4 is 4.74 Å². The average molecular weight is 366 g/mol. The lowest BCUT2D eigenvalue weighted by atomic mass is 10.1. The quantitative estimate of drug-likeness (QED) is 0.780. The second-order valence-corrected chi connectivity index (χ2v) is 7.03. The molecule has 2 heterocycles. The predicted molar refractivity (Wildman–Crippen MR) is 103 cm³/mol. The fraction of sp³-hybridized carbons (Fsp3) is 0.318. The molecule has 5 heteroatoms. The van der Waals surface area contributed by atoms with Crippen molar-refractivity contribution >= 4 is 12.0 Å². The number of amides is 1. The van der Waals surface area contributed by atoms with Crippen LogP contribution in [0.25, 0.3) is 6.08 Å². The molecule has 0 aromatic heterocycles. The molecule has 2 aliphatic rings. The van der Waals surface area contributed by atoms with Gasteiger partial charge in [0.05, 0.1) is 6.61 Å². The van der Waals surface area contributed by atoms with Crippen molar-refractivity contribution in [3.63, 3.8) is 0 Å². The molecular formula is C22H23FN2O2. The van der Waals surface area contributed by atoms with Crippen LogP contribution in [0.15, 0.2) is 48.5 Å². The molecule has 0 saturated carbocycles. The summed E-state index contributed by atoms with van der Waals surface area (Å²) in [6.45, 7) is 4.80. The highest BCUT2D eigenvalue weighted by atomic mass is 19.1. The largest absolute Gasteiger partial charge is 0.493 e. The molecule has 0 bridgehead atoms. The number of rotatable bonds is 4. The number of halogens is 1. The Labute approximate surface area is 158 Å². The maximum absolute atomic E-state index is 13.2. The van der Waals surface area contributed by atoms with E-state index in [2.05, 4.69) is 23.1 Å². The van der Waals surface area contributed by atoms with Crippen LogP contribution in [0.4, 0.5) is 4.39 Å². The molecule has 2 aromatic carbocycles. The summed E-state index contributed by atoms with van der Waals surface area (Å²) in [5, 5.41) is 0. The van der Waals surface area contributed by atoms with Gasteiger partial charge in [0.1, 0.15) is 11.6 Å². The number of ether oxygens (including phenoxy) is 1. The van der Waals surface area contributed by atoms with Gasteiger partial charge in [0.25, 0.3) is 0 Å². The van der Waals surface area contributed by atoms with E-state index in [1.807, 2.05) is 4.90 Å². The van der Waals surface area contributed by atoms with Crippen LogP contribution in [0.2, 0.25) is 0 Å². The van der Waals surface area contributed by atoms with Crippen molar-refractivity contribution in [2.45, 2.75) is 13.0 Å². The molecule has 27 heavy (non-hydrogen) atoms. The molecule has 0 radical (unpaired) electrons. The first-order valence-corrected chi connectivity index (χ1v) is 9.37. The molecule has 0 N–H and O–H groups in total. The molecule has 1 saturated heterocycles. The second kappa shape index (κ2) is 7.92. The number of benzene rings is 2. The van der Waals surface area contributed by atoms with Gasteiger partial charge >= 0.3 is 0 Å². The number of carbonyl (C=O) groups excluding carboxylic acids is 1. The lowest BCUT2D eigenvalue weighted by molar-refractivity contribution is -0.127. The summed E-state index contributed by atoms with van der Waals surface area (Å²) in [6.07, 6.45) is 4.19. The van der Waals surface area contributed by atoms with E-state index in [1.54, 1.807) is 18.2 Å². The van der Waals surface area contributed by atoms with Crippen LogP contribution in [-0.2, 0) is 17.8 Å². The zero-order valence-electron chi connectivity index (χ0n) is 15.2. The minimum absolute atomic E-state index is 0.0198. The smallest absolute Gasteiger partial charge is 0.246 e. The minimum Gasteiger partial charge on any atom is -0.493 e. The molecule has 1 fully saturated rings. The van der Waals surface area contributed by atoms with Gasteiger partial charge in [-0.25, -0.2) is 4.39 Å². The summed E-state index contributed by atoms with van der Waals surface area (Å²) >= 11 is 0. The number of carbonyl (C=O) groups is 1. The van der Waals surface area contributed by atoms with Crippen molar-refractivity contribution in [1.82, 2.24) is 9.80 Å². The van der Waals surface area contributed by atoms with Crippen LogP contribution in [0.1, 0.15) is 16.7 Å². The molecular weight excluding hydrogens is 343 g/mol. The SMILES string of the molecule is O=C(/C=C/c1cccc(F)c1)N1CCN(Cc2ccc3c(c2)CCO3)CC1. The minimum atomic E-state index is -0.295. The Morgan fingerprint density at radius 3 is 2.78 bits per heavy atom. The standard InChI is InChI=1S/C22H23FN2O2/c23-20-3-1-2-17(15-20)5-7-22(26)25-11-9-24(10-12-25)16-18-4-6-21-19(14-18)8-13-27-21/h1-7,14-15H,8-13,16H2/b7-5+. The van der Waals surface area contributed by atoms with Gasteiger partial charge in [-0.2, -0.15) is 0 Å². The molecule has 0 atom stereocenters. The molecule has 4 nitrogen and oxygen atoms in total. The Morgan fingerprint density at radius 1 is 1.11 bits per heavy atom. The van der Waals surface area contributed by atoms with Crippen LogP contribution >= 0.6 is 0 Å². The Balaban J connectivity index is 1.29. The second-order valence-electron chi connectivity index (χ2n) is 7.03. The van der Waals surface area contributed by atoms with Crippen molar-refractivity contribution < 1.29 is 13.9 Å². The zero-order chi connectivity index (χ0) is 18.6. The van der Waals surface area contributed by atoms with Crippen molar-refractivity contribution in [2.75, 3.05) is 32.8 Å². The topological polar surface area (TPSA) is 32.8 Å². The molecule has 140 valence electrons. The summed E-state index contributed by atoms with van der Waals surface area (Å²) in [7, 11) is 0. The fourth-order valence-corrected chi connectivity index (χ4v) is 3.61. The highest BCUT2D eigenvalue weighted by Gasteiger charge is 2.20. The first-order chi connectivity index (χ1) is 13.2. The van der Waals surface area contributed by atoms with Crippen molar-refractivity contribution in [2.24, 2.45) is 0 Å². The number of hydrogen-bond acceptors (Lipinski definition) is 3. The number of nitrogens with zero attached hydrogens (tertiary/aromatic N) is 2. The summed E-state index contributed by atoms with van der Waals surface area (Å²) in [6, 6.07) is 12.7. The monoisotopic (exact) mass is 366 g/mol. The van der Waals surface area contributed by atoms with Gasteiger partial charge in [-0.05, 0) is 41.0 Å². The van der Waals surface area contributed by atoms with E-state index in [1.165, 1.54) is 29.3 Å². The van der Waals surface area contributed by atoms with Gasteiger partial charge in [0, 0.05) is 45.2 Å². The first-order valence-electron chi connectivity index (χ1n) is 9.37. The number of piperazine rings is 1.